The van der Waals surface area contributed by atoms with E-state index in [1.54, 1.807) is 22.7 Å². The molecule has 2 aromatic heterocycles. The predicted molar refractivity (Wildman–Crippen MR) is 95.4 cm³/mol. The largest absolute Gasteiger partial charge is 0.573 e. The molecule has 1 aliphatic heterocycles. The van der Waals surface area contributed by atoms with Crippen molar-refractivity contribution in [2.24, 2.45) is 0 Å². The SMILES string of the molecule is Cc1noc(-c2cn(C3CCN(C(=O)c4ccc(OC(F)(F)F)cc4)CC3)nn2)n1. The van der Waals surface area contributed by atoms with Crippen LogP contribution in [0.2, 0.25) is 0 Å². The van der Waals surface area contributed by atoms with Gasteiger partial charge in [0.05, 0.1) is 12.2 Å². The van der Waals surface area contributed by atoms with Gasteiger partial charge in [0.15, 0.2) is 11.5 Å². The highest BCUT2D eigenvalue weighted by Crippen LogP contribution is 2.26. The summed E-state index contributed by atoms with van der Waals surface area (Å²) in [6.45, 7) is 2.68. The lowest BCUT2D eigenvalue weighted by molar-refractivity contribution is -0.274. The van der Waals surface area contributed by atoms with E-state index in [0.717, 1.165) is 12.1 Å². The van der Waals surface area contributed by atoms with E-state index in [9.17, 15) is 18.0 Å². The molecule has 4 rings (SSSR count). The molecule has 0 unspecified atom stereocenters. The molecule has 9 nitrogen and oxygen atoms in total. The fraction of sp³-hybridized carbons (Fsp3) is 0.389. The smallest absolute Gasteiger partial charge is 0.406 e. The number of piperidine rings is 1. The van der Waals surface area contributed by atoms with Crippen LogP contribution < -0.4 is 4.74 Å². The first-order valence-electron chi connectivity index (χ1n) is 9.16. The van der Waals surface area contributed by atoms with Crippen molar-refractivity contribution in [3.63, 3.8) is 0 Å². The zero-order valence-corrected chi connectivity index (χ0v) is 15.8. The molecule has 158 valence electrons. The molecule has 1 fully saturated rings. The van der Waals surface area contributed by atoms with Crippen LogP contribution in [-0.4, -0.2) is 55.4 Å². The van der Waals surface area contributed by atoms with Crippen LogP contribution in [0.4, 0.5) is 13.2 Å². The molecule has 0 aliphatic carbocycles. The molecular weight excluding hydrogens is 405 g/mol. The maximum Gasteiger partial charge on any atom is 0.573 e. The first-order valence-corrected chi connectivity index (χ1v) is 9.16. The number of aryl methyl sites for hydroxylation is 1. The summed E-state index contributed by atoms with van der Waals surface area (Å²) in [6, 6.07) is 4.96. The third-order valence-corrected chi connectivity index (χ3v) is 4.72. The second kappa shape index (κ2) is 7.76. The van der Waals surface area contributed by atoms with E-state index in [0.29, 0.717) is 48.9 Å². The monoisotopic (exact) mass is 422 g/mol. The van der Waals surface area contributed by atoms with Crippen LogP contribution in [0.3, 0.4) is 0 Å². The maximum atomic E-state index is 12.6. The minimum atomic E-state index is -4.77. The summed E-state index contributed by atoms with van der Waals surface area (Å²) in [5, 5.41) is 11.9. The van der Waals surface area contributed by atoms with Crippen molar-refractivity contribution in [3.05, 3.63) is 41.9 Å². The fourth-order valence-corrected chi connectivity index (χ4v) is 3.27. The Morgan fingerprint density at radius 1 is 1.20 bits per heavy atom. The van der Waals surface area contributed by atoms with Crippen LogP contribution in [-0.2, 0) is 0 Å². The minimum absolute atomic E-state index is 0.0573. The number of carbonyl (C=O) groups is 1. The van der Waals surface area contributed by atoms with Crippen molar-refractivity contribution in [1.29, 1.82) is 0 Å². The molecule has 30 heavy (non-hydrogen) atoms. The molecule has 1 aliphatic rings. The van der Waals surface area contributed by atoms with Gasteiger partial charge < -0.3 is 14.2 Å². The first kappa shape index (κ1) is 19.9. The molecule has 0 saturated carbocycles. The molecule has 12 heteroatoms. The highest BCUT2D eigenvalue weighted by atomic mass is 19.4. The van der Waals surface area contributed by atoms with E-state index in [-0.39, 0.29) is 17.7 Å². The van der Waals surface area contributed by atoms with E-state index in [4.69, 9.17) is 4.52 Å². The number of ether oxygens (including phenoxy) is 1. The van der Waals surface area contributed by atoms with E-state index in [2.05, 4.69) is 25.2 Å². The highest BCUT2D eigenvalue weighted by Gasteiger charge is 2.31. The summed E-state index contributed by atoms with van der Waals surface area (Å²) < 4.78 is 47.4. The summed E-state index contributed by atoms with van der Waals surface area (Å²) in [5.41, 5.74) is 0.785. The van der Waals surface area contributed by atoms with Crippen LogP contribution in [0.1, 0.15) is 35.1 Å². The van der Waals surface area contributed by atoms with E-state index < -0.39 is 6.36 Å². The van der Waals surface area contributed by atoms with Gasteiger partial charge in [-0.1, -0.05) is 10.4 Å². The van der Waals surface area contributed by atoms with E-state index >= 15 is 0 Å². The van der Waals surface area contributed by atoms with Gasteiger partial charge in [0, 0.05) is 18.7 Å². The van der Waals surface area contributed by atoms with Crippen LogP contribution in [0, 0.1) is 6.92 Å². The Hall–Kier alpha value is -3.44. The van der Waals surface area contributed by atoms with Gasteiger partial charge in [-0.2, -0.15) is 4.98 Å². The lowest BCUT2D eigenvalue weighted by atomic mass is 10.0. The fourth-order valence-electron chi connectivity index (χ4n) is 3.27. The second-order valence-electron chi connectivity index (χ2n) is 6.83. The van der Waals surface area contributed by atoms with Gasteiger partial charge in [-0.05, 0) is 44.0 Å². The number of alkyl halides is 3. The number of rotatable bonds is 4. The third kappa shape index (κ3) is 4.42. The van der Waals surface area contributed by atoms with Crippen molar-refractivity contribution in [2.75, 3.05) is 13.1 Å². The Morgan fingerprint density at radius 3 is 2.50 bits per heavy atom. The molecule has 1 saturated heterocycles. The number of benzene rings is 1. The number of halogens is 3. The highest BCUT2D eigenvalue weighted by molar-refractivity contribution is 5.94. The van der Waals surface area contributed by atoms with Gasteiger partial charge >= 0.3 is 6.36 Å². The quantitative estimate of drug-likeness (QED) is 0.637. The van der Waals surface area contributed by atoms with Gasteiger partial charge in [0.25, 0.3) is 11.8 Å². The summed E-state index contributed by atoms with van der Waals surface area (Å²) in [6.07, 6.45) is -1.72. The summed E-state index contributed by atoms with van der Waals surface area (Å²) in [7, 11) is 0. The molecule has 0 atom stereocenters. The molecule has 3 aromatic rings. The van der Waals surface area contributed by atoms with Crippen LogP contribution in [0.25, 0.3) is 11.6 Å². The van der Waals surface area contributed by atoms with Gasteiger partial charge in [0.1, 0.15) is 5.75 Å². The normalized spacial score (nSPS) is 15.4. The summed E-state index contributed by atoms with van der Waals surface area (Å²) in [5.74, 6) is 0.192. The summed E-state index contributed by atoms with van der Waals surface area (Å²) >= 11 is 0. The van der Waals surface area contributed by atoms with Crippen LogP contribution >= 0.6 is 0 Å². The Bertz CT molecular complexity index is 1020. The Balaban J connectivity index is 1.35. The second-order valence-corrected chi connectivity index (χ2v) is 6.83. The zero-order valence-electron chi connectivity index (χ0n) is 15.8. The van der Waals surface area contributed by atoms with Gasteiger partial charge in [-0.25, -0.2) is 4.68 Å². The molecule has 3 heterocycles. The lowest BCUT2D eigenvalue weighted by Gasteiger charge is -2.31. The number of carbonyl (C=O) groups excluding carboxylic acids is 1. The minimum Gasteiger partial charge on any atom is -0.406 e. The lowest BCUT2D eigenvalue weighted by Crippen LogP contribution is -2.39. The Kier molecular flexibility index (Phi) is 5.14. The van der Waals surface area contributed by atoms with Gasteiger partial charge in [-0.15, -0.1) is 18.3 Å². The topological polar surface area (TPSA) is 99.2 Å². The van der Waals surface area contributed by atoms with Crippen LogP contribution in [0.15, 0.2) is 35.0 Å². The predicted octanol–water partition coefficient (Wildman–Crippen LogP) is 3.01. The van der Waals surface area contributed by atoms with Crippen molar-refractivity contribution in [1.82, 2.24) is 30.0 Å². The van der Waals surface area contributed by atoms with E-state index in [1.807, 2.05) is 0 Å². The molecule has 1 amide bonds. The number of aromatic nitrogens is 5. The van der Waals surface area contributed by atoms with E-state index in [1.165, 1.54) is 12.1 Å². The standard InChI is InChI=1S/C18H17F3N6O3/c1-11-22-16(30-24-11)15-10-27(25-23-15)13-6-8-26(9-7-13)17(28)12-2-4-14(5-3-12)29-18(19,20)21/h2-5,10,13H,6-9H2,1H3. The molecule has 0 N–H and O–H groups in total. The van der Waals surface area contributed by atoms with Crippen LogP contribution in [0.5, 0.6) is 5.75 Å². The number of likely N-dealkylation sites (tertiary alicyclic amines) is 1. The molecule has 0 spiro atoms. The molecule has 0 bridgehead atoms. The van der Waals surface area contributed by atoms with Crippen molar-refractivity contribution in [3.8, 4) is 17.3 Å². The molecule has 1 aromatic carbocycles. The average Bonchev–Trinajstić information content (AvgIpc) is 3.36. The number of hydrogen-bond donors (Lipinski definition) is 0. The number of hydrogen-bond acceptors (Lipinski definition) is 7. The van der Waals surface area contributed by atoms with Gasteiger partial charge in [-0.3, -0.25) is 4.79 Å². The van der Waals surface area contributed by atoms with Gasteiger partial charge in [0.2, 0.25) is 0 Å². The van der Waals surface area contributed by atoms with Crippen molar-refractivity contribution >= 4 is 5.91 Å². The Labute approximate surface area is 168 Å². The Morgan fingerprint density at radius 2 is 1.90 bits per heavy atom. The summed E-state index contributed by atoms with van der Waals surface area (Å²) in [4.78, 5) is 18.4. The maximum absolute atomic E-state index is 12.6. The molecule has 0 radical (unpaired) electrons. The first-order chi connectivity index (χ1) is 14.3. The third-order valence-electron chi connectivity index (χ3n) is 4.72. The number of nitrogens with zero attached hydrogens (tertiary/aromatic N) is 6. The van der Waals surface area contributed by atoms with Crippen molar-refractivity contribution in [2.45, 2.75) is 32.2 Å². The zero-order chi connectivity index (χ0) is 21.3. The average molecular weight is 422 g/mol. The van der Waals surface area contributed by atoms with Crippen molar-refractivity contribution < 1.29 is 27.2 Å². The number of amides is 1. The molecular formula is C18H17F3N6O3.